The highest BCUT2D eigenvalue weighted by Gasteiger charge is 2.54. The van der Waals surface area contributed by atoms with Gasteiger partial charge in [0.1, 0.15) is 11.2 Å². The summed E-state index contributed by atoms with van der Waals surface area (Å²) in [6.45, 7) is 2.63. The zero-order chi connectivity index (χ0) is 25.8. The van der Waals surface area contributed by atoms with Crippen molar-refractivity contribution in [1.29, 1.82) is 0 Å². The number of benzene rings is 2. The number of piperidine rings is 1. The lowest BCUT2D eigenvalue weighted by molar-refractivity contribution is -0.162. The molecular weight excluding hydrogens is 468 g/mol. The summed E-state index contributed by atoms with van der Waals surface area (Å²) in [6, 6.07) is 17.6. The molecule has 1 N–H and O–H groups in total. The average molecular weight is 501 g/mol. The number of hydrogen-bond donors (Lipinski definition) is 1. The van der Waals surface area contributed by atoms with E-state index in [1.807, 2.05) is 54.6 Å². The molecule has 0 saturated carbocycles. The van der Waals surface area contributed by atoms with E-state index in [4.69, 9.17) is 9.15 Å². The Morgan fingerprint density at radius 2 is 1.97 bits per heavy atom. The zero-order valence-electron chi connectivity index (χ0n) is 21.1. The molecule has 1 fully saturated rings. The van der Waals surface area contributed by atoms with Gasteiger partial charge >= 0.3 is 5.97 Å². The predicted molar refractivity (Wildman–Crippen MR) is 139 cm³/mol. The summed E-state index contributed by atoms with van der Waals surface area (Å²) in [5.41, 5.74) is 0.766. The normalized spacial score (nSPS) is 21.3. The molecule has 37 heavy (non-hydrogen) atoms. The van der Waals surface area contributed by atoms with Crippen molar-refractivity contribution in [1.82, 2.24) is 10.2 Å². The summed E-state index contributed by atoms with van der Waals surface area (Å²) in [5.74, 6) is -0.712. The van der Waals surface area contributed by atoms with Crippen LogP contribution in [0.2, 0.25) is 0 Å². The SMILES string of the molecule is CCOC(=O)[C@]12CCCC=C1N(Cc1ccco1)C(=O)[C@H](CC(=O)NCc1cccc3ccccc13)C2. The van der Waals surface area contributed by atoms with Gasteiger partial charge in [-0.15, -0.1) is 0 Å². The Kier molecular flexibility index (Phi) is 7.12. The quantitative estimate of drug-likeness (QED) is 0.435. The van der Waals surface area contributed by atoms with Gasteiger partial charge in [-0.3, -0.25) is 14.4 Å². The maximum absolute atomic E-state index is 13.7. The van der Waals surface area contributed by atoms with Crippen molar-refractivity contribution < 1.29 is 23.5 Å². The number of likely N-dealkylation sites (tertiary alicyclic amines) is 1. The molecule has 7 heteroatoms. The summed E-state index contributed by atoms with van der Waals surface area (Å²) in [4.78, 5) is 41.8. The van der Waals surface area contributed by atoms with Crippen molar-refractivity contribution in [3.05, 3.63) is 84.0 Å². The van der Waals surface area contributed by atoms with Crippen LogP contribution in [0.1, 0.15) is 50.4 Å². The Labute approximate surface area is 216 Å². The van der Waals surface area contributed by atoms with E-state index < -0.39 is 11.3 Å². The highest BCUT2D eigenvalue weighted by molar-refractivity contribution is 5.92. The van der Waals surface area contributed by atoms with E-state index in [0.717, 1.165) is 29.2 Å². The minimum atomic E-state index is -0.935. The topological polar surface area (TPSA) is 88.8 Å². The molecule has 0 spiro atoms. The van der Waals surface area contributed by atoms with E-state index in [-0.39, 0.29) is 43.8 Å². The molecule has 0 unspecified atom stereocenters. The lowest BCUT2D eigenvalue weighted by Crippen LogP contribution is -2.54. The lowest BCUT2D eigenvalue weighted by Gasteiger charge is -2.47. The monoisotopic (exact) mass is 500 g/mol. The molecule has 1 aliphatic carbocycles. The van der Waals surface area contributed by atoms with E-state index in [2.05, 4.69) is 5.32 Å². The number of hydrogen-bond acceptors (Lipinski definition) is 5. The number of carbonyl (C=O) groups excluding carboxylic acids is 3. The van der Waals surface area contributed by atoms with Gasteiger partial charge in [-0.25, -0.2) is 0 Å². The second kappa shape index (κ2) is 10.6. The van der Waals surface area contributed by atoms with Crippen molar-refractivity contribution in [3.63, 3.8) is 0 Å². The van der Waals surface area contributed by atoms with E-state index in [1.165, 1.54) is 0 Å². The van der Waals surface area contributed by atoms with Crippen LogP contribution in [0.15, 0.2) is 77.1 Å². The highest BCUT2D eigenvalue weighted by Crippen LogP contribution is 2.50. The number of carbonyl (C=O) groups is 3. The van der Waals surface area contributed by atoms with Crippen LogP contribution in [0.5, 0.6) is 0 Å². The van der Waals surface area contributed by atoms with Crippen LogP contribution >= 0.6 is 0 Å². The van der Waals surface area contributed by atoms with Crippen molar-refractivity contribution in [2.45, 2.75) is 52.1 Å². The molecule has 2 heterocycles. The summed E-state index contributed by atoms with van der Waals surface area (Å²) >= 11 is 0. The molecule has 2 atom stereocenters. The van der Waals surface area contributed by atoms with Crippen LogP contribution in [0.4, 0.5) is 0 Å². The number of ether oxygens (including phenoxy) is 1. The zero-order valence-corrected chi connectivity index (χ0v) is 21.1. The first-order valence-corrected chi connectivity index (χ1v) is 13.0. The molecule has 7 nitrogen and oxygen atoms in total. The van der Waals surface area contributed by atoms with Crippen LogP contribution < -0.4 is 5.32 Å². The fourth-order valence-electron chi connectivity index (χ4n) is 5.76. The number of furan rings is 1. The Hall–Kier alpha value is -3.87. The average Bonchev–Trinajstić information content (AvgIpc) is 3.43. The van der Waals surface area contributed by atoms with Crippen LogP contribution in [0, 0.1) is 11.3 Å². The van der Waals surface area contributed by atoms with Gasteiger partial charge in [-0.05, 0) is 61.1 Å². The number of rotatable bonds is 8. The summed E-state index contributed by atoms with van der Waals surface area (Å²) < 4.78 is 11.0. The Balaban J connectivity index is 1.38. The summed E-state index contributed by atoms with van der Waals surface area (Å²) in [5, 5.41) is 5.19. The maximum Gasteiger partial charge on any atom is 0.318 e. The maximum atomic E-state index is 13.7. The number of fused-ring (bicyclic) bond motifs is 2. The second-order valence-electron chi connectivity index (χ2n) is 9.81. The minimum Gasteiger partial charge on any atom is -0.467 e. The van der Waals surface area contributed by atoms with Gasteiger partial charge in [0.25, 0.3) is 0 Å². The fourth-order valence-corrected chi connectivity index (χ4v) is 5.76. The highest BCUT2D eigenvalue weighted by atomic mass is 16.5. The summed E-state index contributed by atoms with van der Waals surface area (Å²) in [6.07, 6.45) is 6.03. The van der Waals surface area contributed by atoms with Crippen molar-refractivity contribution in [3.8, 4) is 0 Å². The summed E-state index contributed by atoms with van der Waals surface area (Å²) in [7, 11) is 0. The molecule has 3 aromatic rings. The van der Waals surface area contributed by atoms with Crippen LogP contribution in [-0.2, 0) is 32.2 Å². The van der Waals surface area contributed by atoms with Crippen molar-refractivity contribution in [2.24, 2.45) is 11.3 Å². The van der Waals surface area contributed by atoms with Crippen molar-refractivity contribution in [2.75, 3.05) is 6.61 Å². The molecular formula is C30H32N2O5. The van der Waals surface area contributed by atoms with Crippen LogP contribution in [0.25, 0.3) is 10.8 Å². The van der Waals surface area contributed by atoms with Crippen LogP contribution in [-0.4, -0.2) is 29.3 Å². The predicted octanol–water partition coefficient (Wildman–Crippen LogP) is 5.11. The number of amides is 2. The van der Waals surface area contributed by atoms with Gasteiger partial charge in [0, 0.05) is 24.6 Å². The third-order valence-corrected chi connectivity index (χ3v) is 7.48. The molecule has 1 aromatic heterocycles. The lowest BCUT2D eigenvalue weighted by atomic mass is 9.66. The standard InChI is InChI=1S/C30H32N2O5/c1-2-36-29(35)30-15-6-5-14-26(30)32(20-24-12-8-16-37-24)28(34)23(18-30)17-27(33)31-19-22-11-7-10-21-9-3-4-13-25(21)22/h3-4,7-14,16,23H,2,5-6,15,17-20H2,1H3,(H,31,33)/t23-,30+/m1/s1. The smallest absolute Gasteiger partial charge is 0.318 e. The molecule has 5 rings (SSSR count). The Bertz CT molecular complexity index is 1320. The molecule has 2 amide bonds. The third-order valence-electron chi connectivity index (χ3n) is 7.48. The van der Waals surface area contributed by atoms with Gasteiger partial charge in [0.2, 0.25) is 11.8 Å². The number of allylic oxidation sites excluding steroid dienone is 1. The molecule has 2 aromatic carbocycles. The van der Waals surface area contributed by atoms with Crippen LogP contribution in [0.3, 0.4) is 0 Å². The number of esters is 1. The van der Waals surface area contributed by atoms with E-state index in [9.17, 15) is 14.4 Å². The number of nitrogens with one attached hydrogen (secondary N) is 1. The molecule has 0 bridgehead atoms. The fraction of sp³-hybridized carbons (Fsp3) is 0.367. The molecule has 0 radical (unpaired) electrons. The number of nitrogens with zero attached hydrogens (tertiary/aromatic N) is 1. The first-order chi connectivity index (χ1) is 18.0. The van der Waals surface area contributed by atoms with Gasteiger partial charge in [-0.2, -0.15) is 0 Å². The van der Waals surface area contributed by atoms with E-state index in [0.29, 0.717) is 24.4 Å². The van der Waals surface area contributed by atoms with Crippen molar-refractivity contribution >= 4 is 28.6 Å². The molecule has 1 saturated heterocycles. The van der Waals surface area contributed by atoms with E-state index >= 15 is 0 Å². The first kappa shape index (κ1) is 24.8. The molecule has 2 aliphatic rings. The van der Waals surface area contributed by atoms with Gasteiger partial charge in [0.15, 0.2) is 0 Å². The van der Waals surface area contributed by atoms with Gasteiger partial charge < -0.3 is 19.4 Å². The third kappa shape index (κ3) is 4.90. The molecule has 1 aliphatic heterocycles. The Morgan fingerprint density at radius 3 is 2.78 bits per heavy atom. The van der Waals surface area contributed by atoms with Gasteiger partial charge in [0.05, 0.1) is 19.4 Å². The molecule has 192 valence electrons. The Morgan fingerprint density at radius 1 is 1.14 bits per heavy atom. The van der Waals surface area contributed by atoms with Gasteiger partial charge in [-0.1, -0.05) is 48.5 Å². The minimum absolute atomic E-state index is 0.00664. The first-order valence-electron chi connectivity index (χ1n) is 13.0. The largest absolute Gasteiger partial charge is 0.467 e. The second-order valence-corrected chi connectivity index (χ2v) is 9.81. The van der Waals surface area contributed by atoms with E-state index in [1.54, 1.807) is 24.2 Å².